The molecule has 17 heavy (non-hydrogen) atoms. The van der Waals surface area contributed by atoms with Crippen molar-refractivity contribution >= 4 is 16.7 Å². The number of nitrogens with one attached hydrogen (secondary N) is 2. The highest BCUT2D eigenvalue weighted by molar-refractivity contribution is 5.79. The summed E-state index contributed by atoms with van der Waals surface area (Å²) in [5, 5.41) is 3.46. The maximum atomic E-state index is 5.76. The summed E-state index contributed by atoms with van der Waals surface area (Å²) in [5.41, 5.74) is 8.91. The van der Waals surface area contributed by atoms with Gasteiger partial charge in [0.15, 0.2) is 0 Å². The van der Waals surface area contributed by atoms with Crippen LogP contribution in [0.5, 0.6) is 0 Å². The van der Waals surface area contributed by atoms with Gasteiger partial charge in [0.2, 0.25) is 0 Å². The molecule has 4 nitrogen and oxygen atoms in total. The zero-order chi connectivity index (χ0) is 12.4. The topological polar surface area (TPSA) is 66.7 Å². The number of fused-ring (bicyclic) bond motifs is 1. The number of nitrogens with two attached hydrogens (primary N) is 1. The molecule has 92 valence electrons. The third-order valence-corrected chi connectivity index (χ3v) is 3.01. The van der Waals surface area contributed by atoms with Gasteiger partial charge in [-0.2, -0.15) is 0 Å². The Morgan fingerprint density at radius 2 is 2.18 bits per heavy atom. The predicted octanol–water partition coefficient (Wildman–Crippen LogP) is 2.27. The van der Waals surface area contributed by atoms with Gasteiger partial charge in [0, 0.05) is 18.3 Å². The van der Waals surface area contributed by atoms with Crippen LogP contribution in [0, 0.1) is 12.8 Å². The van der Waals surface area contributed by atoms with Gasteiger partial charge in [0.25, 0.3) is 0 Å². The first-order valence-corrected chi connectivity index (χ1v) is 6.03. The minimum absolute atomic E-state index is 0.302. The maximum Gasteiger partial charge on any atom is 0.104 e. The standard InChI is InChI=1S/C13H20N4/c1-8(2)13(7-14)17-10-4-5-11-12(6-10)16-9(3)15-11/h4-6,8,13,17H,7,14H2,1-3H3,(H,15,16). The highest BCUT2D eigenvalue weighted by atomic mass is 15.0. The second-order valence-electron chi connectivity index (χ2n) is 4.78. The average Bonchev–Trinajstić information content (AvgIpc) is 2.64. The molecule has 1 heterocycles. The molecule has 0 spiro atoms. The number of nitrogens with zero attached hydrogens (tertiary/aromatic N) is 1. The molecule has 0 saturated carbocycles. The van der Waals surface area contributed by atoms with E-state index in [4.69, 9.17) is 5.73 Å². The van der Waals surface area contributed by atoms with Gasteiger partial charge in [-0.15, -0.1) is 0 Å². The molecular weight excluding hydrogens is 212 g/mol. The van der Waals surface area contributed by atoms with Crippen LogP contribution in [0.3, 0.4) is 0 Å². The summed E-state index contributed by atoms with van der Waals surface area (Å²) in [6, 6.07) is 6.46. The summed E-state index contributed by atoms with van der Waals surface area (Å²) >= 11 is 0. The lowest BCUT2D eigenvalue weighted by atomic mass is 10.0. The smallest absolute Gasteiger partial charge is 0.104 e. The Kier molecular flexibility index (Phi) is 3.33. The van der Waals surface area contributed by atoms with E-state index in [1.54, 1.807) is 0 Å². The lowest BCUT2D eigenvalue weighted by Crippen LogP contribution is -2.33. The normalized spacial score (nSPS) is 13.2. The van der Waals surface area contributed by atoms with Crippen molar-refractivity contribution in [1.29, 1.82) is 0 Å². The van der Waals surface area contributed by atoms with Crippen molar-refractivity contribution < 1.29 is 0 Å². The number of aryl methyl sites for hydroxylation is 1. The van der Waals surface area contributed by atoms with Crippen molar-refractivity contribution in [2.45, 2.75) is 26.8 Å². The second-order valence-corrected chi connectivity index (χ2v) is 4.78. The predicted molar refractivity (Wildman–Crippen MR) is 72.1 cm³/mol. The van der Waals surface area contributed by atoms with Crippen LogP contribution in [0.25, 0.3) is 11.0 Å². The van der Waals surface area contributed by atoms with Crippen LogP contribution in [-0.2, 0) is 0 Å². The second kappa shape index (κ2) is 4.75. The molecule has 0 aliphatic rings. The largest absolute Gasteiger partial charge is 0.381 e. The number of hydrogen-bond acceptors (Lipinski definition) is 3. The number of benzene rings is 1. The molecule has 4 heteroatoms. The highest BCUT2D eigenvalue weighted by Crippen LogP contribution is 2.18. The quantitative estimate of drug-likeness (QED) is 0.757. The van der Waals surface area contributed by atoms with E-state index in [1.807, 2.05) is 19.1 Å². The van der Waals surface area contributed by atoms with E-state index in [9.17, 15) is 0 Å². The number of aromatic nitrogens is 2. The molecule has 1 aromatic heterocycles. The molecule has 1 unspecified atom stereocenters. The van der Waals surface area contributed by atoms with Crippen LogP contribution in [-0.4, -0.2) is 22.6 Å². The van der Waals surface area contributed by atoms with Crippen molar-refractivity contribution in [2.75, 3.05) is 11.9 Å². The number of anilines is 1. The van der Waals surface area contributed by atoms with E-state index in [0.717, 1.165) is 22.5 Å². The molecule has 0 amide bonds. The Hall–Kier alpha value is -1.55. The Balaban J connectivity index is 2.23. The third kappa shape index (κ3) is 2.58. The average molecular weight is 232 g/mol. The first-order chi connectivity index (χ1) is 8.10. The van der Waals surface area contributed by atoms with Crippen molar-refractivity contribution in [3.05, 3.63) is 24.0 Å². The van der Waals surface area contributed by atoms with Crippen LogP contribution in [0.4, 0.5) is 5.69 Å². The van der Waals surface area contributed by atoms with E-state index in [2.05, 4.69) is 35.2 Å². The molecule has 0 aliphatic heterocycles. The summed E-state index contributed by atoms with van der Waals surface area (Å²) in [5.74, 6) is 1.45. The molecule has 4 N–H and O–H groups in total. The fourth-order valence-corrected chi connectivity index (χ4v) is 1.94. The zero-order valence-electron chi connectivity index (χ0n) is 10.6. The molecule has 0 aliphatic carbocycles. The summed E-state index contributed by atoms with van der Waals surface area (Å²) in [7, 11) is 0. The van der Waals surface area contributed by atoms with E-state index < -0.39 is 0 Å². The lowest BCUT2D eigenvalue weighted by molar-refractivity contribution is 0.531. The lowest BCUT2D eigenvalue weighted by Gasteiger charge is -2.21. The Labute approximate surface area is 102 Å². The van der Waals surface area contributed by atoms with Gasteiger partial charge < -0.3 is 16.0 Å². The van der Waals surface area contributed by atoms with Crippen LogP contribution in [0.2, 0.25) is 0 Å². The monoisotopic (exact) mass is 232 g/mol. The van der Waals surface area contributed by atoms with E-state index >= 15 is 0 Å². The van der Waals surface area contributed by atoms with Crippen LogP contribution in [0.1, 0.15) is 19.7 Å². The van der Waals surface area contributed by atoms with Gasteiger partial charge in [0.05, 0.1) is 11.0 Å². The van der Waals surface area contributed by atoms with E-state index in [1.165, 1.54) is 0 Å². The van der Waals surface area contributed by atoms with Crippen LogP contribution in [0.15, 0.2) is 18.2 Å². The number of hydrogen-bond donors (Lipinski definition) is 3. The molecule has 1 atom stereocenters. The van der Waals surface area contributed by atoms with Gasteiger partial charge >= 0.3 is 0 Å². The highest BCUT2D eigenvalue weighted by Gasteiger charge is 2.11. The maximum absolute atomic E-state index is 5.76. The van der Waals surface area contributed by atoms with Gasteiger partial charge in [0.1, 0.15) is 5.82 Å². The van der Waals surface area contributed by atoms with Gasteiger partial charge in [-0.05, 0) is 31.0 Å². The number of H-pyrrole nitrogens is 1. The first kappa shape index (κ1) is 11.9. The van der Waals surface area contributed by atoms with Crippen LogP contribution >= 0.6 is 0 Å². The fourth-order valence-electron chi connectivity index (χ4n) is 1.94. The van der Waals surface area contributed by atoms with Gasteiger partial charge in [-0.25, -0.2) is 4.98 Å². The minimum Gasteiger partial charge on any atom is -0.381 e. The molecule has 1 aromatic carbocycles. The number of rotatable bonds is 4. The summed E-state index contributed by atoms with van der Waals surface area (Å²) in [4.78, 5) is 7.62. The molecule has 0 saturated heterocycles. The van der Waals surface area contributed by atoms with Crippen molar-refractivity contribution in [2.24, 2.45) is 11.7 Å². The molecule has 2 aromatic rings. The molecular formula is C13H20N4. The van der Waals surface area contributed by atoms with E-state index in [-0.39, 0.29) is 0 Å². The van der Waals surface area contributed by atoms with Gasteiger partial charge in [-0.1, -0.05) is 13.8 Å². The number of aromatic amines is 1. The SMILES string of the molecule is Cc1nc2ccc(NC(CN)C(C)C)cc2[nH]1. The van der Waals surface area contributed by atoms with E-state index in [0.29, 0.717) is 18.5 Å². The molecule has 0 radical (unpaired) electrons. The van der Waals surface area contributed by atoms with Crippen molar-refractivity contribution in [3.8, 4) is 0 Å². The molecule has 0 bridgehead atoms. The zero-order valence-corrected chi connectivity index (χ0v) is 10.6. The molecule has 0 fully saturated rings. The Bertz CT molecular complexity index is 501. The van der Waals surface area contributed by atoms with Crippen LogP contribution < -0.4 is 11.1 Å². The van der Waals surface area contributed by atoms with Gasteiger partial charge in [-0.3, -0.25) is 0 Å². The summed E-state index contributed by atoms with van der Waals surface area (Å²) in [6.45, 7) is 6.94. The van der Waals surface area contributed by atoms with Crippen molar-refractivity contribution in [1.82, 2.24) is 9.97 Å². The summed E-state index contributed by atoms with van der Waals surface area (Å²) in [6.07, 6.45) is 0. The Morgan fingerprint density at radius 3 is 2.82 bits per heavy atom. The minimum atomic E-state index is 0.302. The summed E-state index contributed by atoms with van der Waals surface area (Å²) < 4.78 is 0. The molecule has 2 rings (SSSR count). The van der Waals surface area contributed by atoms with Crippen molar-refractivity contribution in [3.63, 3.8) is 0 Å². The first-order valence-electron chi connectivity index (χ1n) is 6.03. The third-order valence-electron chi connectivity index (χ3n) is 3.01. The fraction of sp³-hybridized carbons (Fsp3) is 0.462. The Morgan fingerprint density at radius 1 is 1.41 bits per heavy atom. The number of imidazole rings is 1.